The van der Waals surface area contributed by atoms with E-state index in [1.165, 1.54) is 11.3 Å². The van der Waals surface area contributed by atoms with Crippen LogP contribution >= 0.6 is 11.3 Å². The second-order valence-electron chi connectivity index (χ2n) is 6.37. The molecular formula is C20H22N2O3S2. The number of benzene rings is 2. The zero-order valence-corrected chi connectivity index (χ0v) is 16.8. The number of nitrogens with zero attached hydrogens (tertiary/aromatic N) is 1. The number of amides is 1. The first-order valence-electron chi connectivity index (χ1n) is 8.89. The molecule has 0 spiro atoms. The lowest BCUT2D eigenvalue weighted by Crippen LogP contribution is -2.15. The quantitative estimate of drug-likeness (QED) is 0.613. The van der Waals surface area contributed by atoms with E-state index in [-0.39, 0.29) is 23.8 Å². The number of anilines is 1. The normalized spacial score (nSPS) is 11.6. The maximum Gasteiger partial charge on any atom is 0.226 e. The standard InChI is InChI=1S/C20H22N2O3S2/c1-2-16-10-6-11-17-19(16)22-20(26-17)21-18(23)12-7-13-27(24,25)14-15-8-4-3-5-9-15/h3-6,8-11H,2,7,12-14H2,1H3,(H,21,22,23). The third-order valence-corrected chi connectivity index (χ3v) is 6.84. The summed E-state index contributed by atoms with van der Waals surface area (Å²) in [5.74, 6) is -0.204. The number of para-hydroxylation sites is 1. The Morgan fingerprint density at radius 2 is 1.89 bits per heavy atom. The Labute approximate surface area is 163 Å². The van der Waals surface area contributed by atoms with Gasteiger partial charge >= 0.3 is 0 Å². The lowest BCUT2D eigenvalue weighted by Gasteiger charge is -2.05. The van der Waals surface area contributed by atoms with Gasteiger partial charge in [0.1, 0.15) is 0 Å². The molecule has 0 aliphatic carbocycles. The number of sulfone groups is 1. The average Bonchev–Trinajstić information content (AvgIpc) is 3.04. The predicted octanol–water partition coefficient (Wildman–Crippen LogP) is 4.19. The largest absolute Gasteiger partial charge is 0.302 e. The smallest absolute Gasteiger partial charge is 0.226 e. The number of carbonyl (C=O) groups excluding carboxylic acids is 1. The van der Waals surface area contributed by atoms with Crippen LogP contribution in [-0.4, -0.2) is 25.1 Å². The van der Waals surface area contributed by atoms with Crippen molar-refractivity contribution in [3.63, 3.8) is 0 Å². The van der Waals surface area contributed by atoms with E-state index >= 15 is 0 Å². The van der Waals surface area contributed by atoms with Crippen molar-refractivity contribution >= 4 is 42.4 Å². The van der Waals surface area contributed by atoms with Gasteiger partial charge in [0.05, 0.1) is 21.7 Å². The highest BCUT2D eigenvalue weighted by atomic mass is 32.2. The van der Waals surface area contributed by atoms with Crippen LogP contribution in [0.2, 0.25) is 0 Å². The molecule has 1 heterocycles. The third kappa shape index (κ3) is 5.37. The predicted molar refractivity (Wildman–Crippen MR) is 111 cm³/mol. The fourth-order valence-electron chi connectivity index (χ4n) is 2.88. The van der Waals surface area contributed by atoms with Gasteiger partial charge in [0.2, 0.25) is 5.91 Å². The van der Waals surface area contributed by atoms with Crippen LogP contribution in [0.1, 0.15) is 30.9 Å². The molecule has 1 N–H and O–H groups in total. The summed E-state index contributed by atoms with van der Waals surface area (Å²) in [6.07, 6.45) is 1.34. The van der Waals surface area contributed by atoms with Crippen molar-refractivity contribution < 1.29 is 13.2 Å². The van der Waals surface area contributed by atoms with E-state index in [1.807, 2.05) is 36.4 Å². The SMILES string of the molecule is CCc1cccc2sc(NC(=O)CCCS(=O)(=O)Cc3ccccc3)nc12. The summed E-state index contributed by atoms with van der Waals surface area (Å²) >= 11 is 1.43. The monoisotopic (exact) mass is 402 g/mol. The number of nitrogens with one attached hydrogen (secondary N) is 1. The van der Waals surface area contributed by atoms with Gasteiger partial charge in [0, 0.05) is 6.42 Å². The molecule has 1 amide bonds. The number of rotatable bonds is 8. The van der Waals surface area contributed by atoms with Crippen molar-refractivity contribution in [1.29, 1.82) is 0 Å². The van der Waals surface area contributed by atoms with Crippen molar-refractivity contribution in [3.8, 4) is 0 Å². The summed E-state index contributed by atoms with van der Waals surface area (Å²) in [4.78, 5) is 16.7. The molecule has 3 rings (SSSR count). The van der Waals surface area contributed by atoms with Crippen molar-refractivity contribution in [2.75, 3.05) is 11.1 Å². The minimum atomic E-state index is -3.23. The van der Waals surface area contributed by atoms with Gasteiger partial charge in [-0.3, -0.25) is 4.79 Å². The minimum absolute atomic E-state index is 0.00482. The number of aromatic nitrogens is 1. The Morgan fingerprint density at radius 1 is 1.11 bits per heavy atom. The number of hydrogen-bond acceptors (Lipinski definition) is 5. The summed E-state index contributed by atoms with van der Waals surface area (Å²) in [5, 5.41) is 3.35. The number of carbonyl (C=O) groups is 1. The van der Waals surface area contributed by atoms with Crippen molar-refractivity contribution in [3.05, 3.63) is 59.7 Å². The highest BCUT2D eigenvalue weighted by Gasteiger charge is 2.14. The lowest BCUT2D eigenvalue weighted by atomic mass is 10.1. The van der Waals surface area contributed by atoms with E-state index in [2.05, 4.69) is 17.2 Å². The van der Waals surface area contributed by atoms with E-state index in [9.17, 15) is 13.2 Å². The molecule has 5 nitrogen and oxygen atoms in total. The molecule has 0 aliphatic rings. The molecule has 0 unspecified atom stereocenters. The van der Waals surface area contributed by atoms with E-state index in [4.69, 9.17) is 0 Å². The van der Waals surface area contributed by atoms with Gasteiger partial charge in [0.15, 0.2) is 15.0 Å². The number of fused-ring (bicyclic) bond motifs is 1. The molecule has 27 heavy (non-hydrogen) atoms. The maximum atomic E-state index is 12.2. The van der Waals surface area contributed by atoms with E-state index < -0.39 is 9.84 Å². The minimum Gasteiger partial charge on any atom is -0.302 e. The average molecular weight is 403 g/mol. The molecule has 0 radical (unpaired) electrons. The van der Waals surface area contributed by atoms with Gasteiger partial charge in [-0.05, 0) is 30.0 Å². The molecule has 0 saturated carbocycles. The van der Waals surface area contributed by atoms with Crippen LogP contribution in [0.25, 0.3) is 10.2 Å². The molecule has 0 fully saturated rings. The van der Waals surface area contributed by atoms with E-state index in [1.54, 1.807) is 12.1 Å². The zero-order valence-electron chi connectivity index (χ0n) is 15.1. The summed E-state index contributed by atoms with van der Waals surface area (Å²) < 4.78 is 25.4. The molecule has 0 bridgehead atoms. The van der Waals surface area contributed by atoms with Crippen LogP contribution in [0.4, 0.5) is 5.13 Å². The Morgan fingerprint density at radius 3 is 2.63 bits per heavy atom. The van der Waals surface area contributed by atoms with Crippen molar-refractivity contribution in [1.82, 2.24) is 4.98 Å². The first-order valence-corrected chi connectivity index (χ1v) is 11.5. The fraction of sp³-hybridized carbons (Fsp3) is 0.300. The van der Waals surface area contributed by atoms with Crippen molar-refractivity contribution in [2.45, 2.75) is 31.9 Å². The Bertz CT molecular complexity index is 1030. The first kappa shape index (κ1) is 19.5. The van der Waals surface area contributed by atoms with Crippen LogP contribution in [0.3, 0.4) is 0 Å². The summed E-state index contributed by atoms with van der Waals surface area (Å²) in [6, 6.07) is 15.1. The van der Waals surface area contributed by atoms with E-state index in [0.717, 1.165) is 27.8 Å². The van der Waals surface area contributed by atoms with Crippen molar-refractivity contribution in [2.24, 2.45) is 0 Å². The number of hydrogen-bond donors (Lipinski definition) is 1. The Hall–Kier alpha value is -2.25. The molecule has 0 atom stereocenters. The molecule has 3 aromatic rings. The Kier molecular flexibility index (Phi) is 6.23. The second-order valence-corrected chi connectivity index (χ2v) is 9.58. The highest BCUT2D eigenvalue weighted by molar-refractivity contribution is 7.90. The molecule has 142 valence electrons. The van der Waals surface area contributed by atoms with Gasteiger partial charge < -0.3 is 5.32 Å². The first-order chi connectivity index (χ1) is 13.0. The number of thiazole rings is 1. The maximum absolute atomic E-state index is 12.2. The van der Waals surface area contributed by atoms with Crippen LogP contribution in [0.15, 0.2) is 48.5 Å². The Balaban J connectivity index is 1.52. The second kappa shape index (κ2) is 8.63. The van der Waals surface area contributed by atoms with E-state index in [0.29, 0.717) is 11.6 Å². The topological polar surface area (TPSA) is 76.1 Å². The van der Waals surface area contributed by atoms with Gasteiger partial charge in [-0.25, -0.2) is 13.4 Å². The van der Waals surface area contributed by atoms with Crippen LogP contribution in [0.5, 0.6) is 0 Å². The fourth-order valence-corrected chi connectivity index (χ4v) is 5.24. The third-order valence-electron chi connectivity index (χ3n) is 4.22. The highest BCUT2D eigenvalue weighted by Crippen LogP contribution is 2.28. The molecule has 2 aromatic carbocycles. The molecule has 0 saturated heterocycles. The zero-order chi connectivity index (χ0) is 19.3. The lowest BCUT2D eigenvalue weighted by molar-refractivity contribution is -0.116. The van der Waals surface area contributed by atoms with Crippen LogP contribution in [-0.2, 0) is 26.8 Å². The summed E-state index contributed by atoms with van der Waals surface area (Å²) in [6.45, 7) is 2.07. The van der Waals surface area contributed by atoms with Crippen LogP contribution < -0.4 is 5.32 Å². The molecule has 0 aliphatic heterocycles. The van der Waals surface area contributed by atoms with Gasteiger partial charge in [-0.2, -0.15) is 0 Å². The summed E-state index contributed by atoms with van der Waals surface area (Å²) in [5.41, 5.74) is 2.84. The molecular weight excluding hydrogens is 380 g/mol. The van der Waals surface area contributed by atoms with Gasteiger partial charge in [0.25, 0.3) is 0 Å². The van der Waals surface area contributed by atoms with Gasteiger partial charge in [-0.15, -0.1) is 0 Å². The van der Waals surface area contributed by atoms with Gasteiger partial charge in [-0.1, -0.05) is 60.7 Å². The summed E-state index contributed by atoms with van der Waals surface area (Å²) in [7, 11) is -3.23. The molecule has 7 heteroatoms. The van der Waals surface area contributed by atoms with Crippen LogP contribution in [0, 0.1) is 0 Å². The number of aryl methyl sites for hydroxylation is 1. The molecule has 1 aromatic heterocycles.